The van der Waals surface area contributed by atoms with E-state index in [1.54, 1.807) is 4.90 Å². The van der Waals surface area contributed by atoms with E-state index in [2.05, 4.69) is 0 Å². The maximum atomic E-state index is 12.9. The minimum Gasteiger partial charge on any atom is -0.306 e. The first kappa shape index (κ1) is 15.6. The van der Waals surface area contributed by atoms with Crippen LogP contribution in [0.15, 0.2) is 48.5 Å². The molecule has 1 amide bonds. The number of alkyl halides is 1. The Morgan fingerprint density at radius 1 is 1.05 bits per heavy atom. The van der Waals surface area contributed by atoms with Gasteiger partial charge < -0.3 is 4.90 Å². The largest absolute Gasteiger partial charge is 0.306 e. The third kappa shape index (κ3) is 3.64. The van der Waals surface area contributed by atoms with Crippen LogP contribution < -0.4 is 4.90 Å². The summed E-state index contributed by atoms with van der Waals surface area (Å²) in [5, 5.41) is -0.114. The fraction of sp³-hybridized carbons (Fsp3) is 0.278. The molecule has 0 aliphatic rings. The van der Waals surface area contributed by atoms with Gasteiger partial charge in [-0.2, -0.15) is 0 Å². The number of carbonyl (C=O) groups is 1. The Morgan fingerprint density at radius 2 is 1.62 bits per heavy atom. The van der Waals surface area contributed by atoms with Gasteiger partial charge in [0.05, 0.1) is 0 Å². The smallest absolute Gasteiger partial charge is 0.258 e. The van der Waals surface area contributed by atoms with Gasteiger partial charge in [0.25, 0.3) is 5.91 Å². The third-order valence-electron chi connectivity index (χ3n) is 3.41. The number of benzene rings is 2. The standard InChI is InChI=1S/C18H20ClNO/c1-13-8-7-9-14(2)17(13)20(12-15(3)19)18(21)16-10-5-4-6-11-16/h4-11,15H,12H2,1-3H3. The Labute approximate surface area is 131 Å². The van der Waals surface area contributed by atoms with Gasteiger partial charge in [0.15, 0.2) is 0 Å². The lowest BCUT2D eigenvalue weighted by Crippen LogP contribution is -2.36. The fourth-order valence-corrected chi connectivity index (χ4v) is 2.63. The molecular formula is C18H20ClNO. The maximum absolute atomic E-state index is 12.9. The van der Waals surface area contributed by atoms with Gasteiger partial charge in [-0.05, 0) is 44.0 Å². The number of amides is 1. The zero-order valence-electron chi connectivity index (χ0n) is 12.6. The van der Waals surface area contributed by atoms with Crippen molar-refractivity contribution in [1.82, 2.24) is 0 Å². The first-order valence-corrected chi connectivity index (χ1v) is 7.51. The molecule has 110 valence electrons. The van der Waals surface area contributed by atoms with Gasteiger partial charge in [-0.1, -0.05) is 36.4 Å². The molecule has 0 saturated heterocycles. The van der Waals surface area contributed by atoms with E-state index in [4.69, 9.17) is 11.6 Å². The summed E-state index contributed by atoms with van der Waals surface area (Å²) in [6, 6.07) is 15.4. The second-order valence-corrected chi connectivity index (χ2v) is 6.05. The van der Waals surface area contributed by atoms with Gasteiger partial charge in [-0.15, -0.1) is 11.6 Å². The molecule has 0 saturated carbocycles. The van der Waals surface area contributed by atoms with E-state index in [1.807, 2.05) is 69.3 Å². The van der Waals surface area contributed by atoms with Crippen LogP contribution in [0.4, 0.5) is 5.69 Å². The molecule has 2 nitrogen and oxygen atoms in total. The zero-order chi connectivity index (χ0) is 15.4. The van der Waals surface area contributed by atoms with Crippen LogP contribution in [0.1, 0.15) is 28.4 Å². The van der Waals surface area contributed by atoms with Crippen LogP contribution in [0.3, 0.4) is 0 Å². The number of hydrogen-bond donors (Lipinski definition) is 0. The summed E-state index contributed by atoms with van der Waals surface area (Å²) in [5.41, 5.74) is 3.80. The maximum Gasteiger partial charge on any atom is 0.258 e. The molecule has 2 rings (SSSR count). The van der Waals surface area contributed by atoms with E-state index in [0.717, 1.165) is 16.8 Å². The topological polar surface area (TPSA) is 20.3 Å². The highest BCUT2D eigenvalue weighted by molar-refractivity contribution is 6.21. The summed E-state index contributed by atoms with van der Waals surface area (Å²) in [6.45, 7) is 6.43. The average molecular weight is 302 g/mol. The predicted molar refractivity (Wildman–Crippen MR) is 89.3 cm³/mol. The molecule has 1 unspecified atom stereocenters. The van der Waals surface area contributed by atoms with Crippen LogP contribution in [0.2, 0.25) is 0 Å². The molecule has 0 fully saturated rings. The summed E-state index contributed by atoms with van der Waals surface area (Å²) in [7, 11) is 0. The van der Waals surface area contributed by atoms with Crippen LogP contribution in [0, 0.1) is 13.8 Å². The van der Waals surface area contributed by atoms with Crippen molar-refractivity contribution in [3.8, 4) is 0 Å². The van der Waals surface area contributed by atoms with Crippen molar-refractivity contribution in [1.29, 1.82) is 0 Å². The first-order valence-electron chi connectivity index (χ1n) is 7.08. The monoisotopic (exact) mass is 301 g/mol. The van der Waals surface area contributed by atoms with Crippen molar-refractivity contribution in [3.05, 3.63) is 65.2 Å². The lowest BCUT2D eigenvalue weighted by atomic mass is 10.1. The van der Waals surface area contributed by atoms with Crippen LogP contribution in [0.25, 0.3) is 0 Å². The summed E-state index contributed by atoms with van der Waals surface area (Å²) >= 11 is 6.16. The van der Waals surface area contributed by atoms with Crippen LogP contribution >= 0.6 is 11.6 Å². The molecule has 0 bridgehead atoms. The van der Waals surface area contributed by atoms with Gasteiger partial charge in [0, 0.05) is 23.2 Å². The summed E-state index contributed by atoms with van der Waals surface area (Å²) < 4.78 is 0. The van der Waals surface area contributed by atoms with E-state index < -0.39 is 0 Å². The Balaban J connectivity index is 2.46. The van der Waals surface area contributed by atoms with Gasteiger partial charge in [0.1, 0.15) is 0 Å². The normalized spacial score (nSPS) is 12.0. The number of para-hydroxylation sites is 1. The summed E-state index contributed by atoms with van der Waals surface area (Å²) in [4.78, 5) is 14.6. The van der Waals surface area contributed by atoms with Gasteiger partial charge in [-0.3, -0.25) is 4.79 Å². The minimum absolute atomic E-state index is 0.0134. The number of aryl methyl sites for hydroxylation is 2. The van der Waals surface area contributed by atoms with Crippen molar-refractivity contribution in [3.63, 3.8) is 0 Å². The fourth-order valence-electron chi connectivity index (χ4n) is 2.50. The van der Waals surface area contributed by atoms with Crippen molar-refractivity contribution in [2.24, 2.45) is 0 Å². The van der Waals surface area contributed by atoms with Gasteiger partial charge in [-0.25, -0.2) is 0 Å². The summed E-state index contributed by atoms with van der Waals surface area (Å²) in [6.07, 6.45) is 0. The molecule has 0 aromatic heterocycles. The number of anilines is 1. The SMILES string of the molecule is Cc1cccc(C)c1N(CC(C)Cl)C(=O)c1ccccc1. The molecule has 0 heterocycles. The zero-order valence-corrected chi connectivity index (χ0v) is 13.4. The highest BCUT2D eigenvalue weighted by Gasteiger charge is 2.22. The predicted octanol–water partition coefficient (Wildman–Crippen LogP) is 4.58. The molecule has 1 atom stereocenters. The summed E-state index contributed by atoms with van der Waals surface area (Å²) in [5.74, 6) is -0.0134. The number of nitrogens with zero attached hydrogens (tertiary/aromatic N) is 1. The van der Waals surface area contributed by atoms with Crippen LogP contribution in [-0.4, -0.2) is 17.8 Å². The quantitative estimate of drug-likeness (QED) is 0.757. The number of hydrogen-bond acceptors (Lipinski definition) is 1. The molecular weight excluding hydrogens is 282 g/mol. The van der Waals surface area contributed by atoms with Crippen LogP contribution in [0.5, 0.6) is 0 Å². The Morgan fingerprint density at radius 3 is 2.14 bits per heavy atom. The van der Waals surface area contributed by atoms with Gasteiger partial charge in [0.2, 0.25) is 0 Å². The lowest BCUT2D eigenvalue weighted by molar-refractivity contribution is 0.0986. The Bertz CT molecular complexity index is 602. The minimum atomic E-state index is -0.114. The van der Waals surface area contributed by atoms with E-state index in [9.17, 15) is 4.79 Å². The van der Waals surface area contributed by atoms with E-state index >= 15 is 0 Å². The Hall–Kier alpha value is -1.80. The third-order valence-corrected chi connectivity index (χ3v) is 3.55. The highest BCUT2D eigenvalue weighted by atomic mass is 35.5. The lowest BCUT2D eigenvalue weighted by Gasteiger charge is -2.27. The molecule has 2 aromatic rings. The molecule has 21 heavy (non-hydrogen) atoms. The number of carbonyl (C=O) groups excluding carboxylic acids is 1. The molecule has 0 aliphatic heterocycles. The van der Waals surface area contributed by atoms with E-state index in [1.165, 1.54) is 0 Å². The highest BCUT2D eigenvalue weighted by Crippen LogP contribution is 2.27. The van der Waals surface area contributed by atoms with Crippen molar-refractivity contribution >= 4 is 23.2 Å². The second-order valence-electron chi connectivity index (χ2n) is 5.30. The van der Waals surface area contributed by atoms with Crippen molar-refractivity contribution in [2.45, 2.75) is 26.1 Å². The molecule has 0 spiro atoms. The number of rotatable bonds is 4. The van der Waals surface area contributed by atoms with Crippen molar-refractivity contribution < 1.29 is 4.79 Å². The average Bonchev–Trinajstić information content (AvgIpc) is 2.46. The second kappa shape index (κ2) is 6.77. The Kier molecular flexibility index (Phi) is 5.03. The van der Waals surface area contributed by atoms with E-state index in [-0.39, 0.29) is 11.3 Å². The first-order chi connectivity index (χ1) is 10.0. The van der Waals surface area contributed by atoms with Crippen LogP contribution in [-0.2, 0) is 0 Å². The molecule has 0 N–H and O–H groups in total. The molecule has 2 aromatic carbocycles. The molecule has 0 aliphatic carbocycles. The van der Waals surface area contributed by atoms with Crippen molar-refractivity contribution in [2.75, 3.05) is 11.4 Å². The van der Waals surface area contributed by atoms with E-state index in [0.29, 0.717) is 12.1 Å². The van der Waals surface area contributed by atoms with Gasteiger partial charge >= 0.3 is 0 Å². The molecule has 3 heteroatoms. The number of halogens is 1. The molecule has 0 radical (unpaired) electrons.